The second-order valence-corrected chi connectivity index (χ2v) is 6.33. The molecule has 7 heteroatoms. The van der Waals surface area contributed by atoms with E-state index >= 15 is 0 Å². The highest BCUT2D eigenvalue weighted by Gasteiger charge is 2.37. The molecule has 2 N–H and O–H groups in total. The van der Waals surface area contributed by atoms with Crippen LogP contribution in [-0.2, 0) is 12.6 Å². The molecule has 128 valence electrons. The van der Waals surface area contributed by atoms with Gasteiger partial charge in [-0.05, 0) is 49.4 Å². The predicted molar refractivity (Wildman–Crippen MR) is 91.0 cm³/mol. The van der Waals surface area contributed by atoms with Crippen LogP contribution in [0, 0.1) is 5.82 Å². The van der Waals surface area contributed by atoms with Gasteiger partial charge in [-0.3, -0.25) is 4.68 Å². The van der Waals surface area contributed by atoms with Crippen LogP contribution in [0.15, 0.2) is 42.6 Å². The predicted octanol–water partition coefficient (Wildman–Crippen LogP) is 1.86. The van der Waals surface area contributed by atoms with Crippen molar-refractivity contribution in [1.29, 1.82) is 0 Å². The van der Waals surface area contributed by atoms with Crippen LogP contribution in [0.25, 0.3) is 22.5 Å². The molecule has 1 fully saturated rings. The Hall–Kier alpha value is -2.64. The Balaban J connectivity index is 1.86. The lowest BCUT2D eigenvalue weighted by molar-refractivity contribution is 0.0538. The average Bonchev–Trinajstić information content (AvgIpc) is 3.24. The highest BCUT2D eigenvalue weighted by atomic mass is 19.1. The van der Waals surface area contributed by atoms with Gasteiger partial charge in [-0.15, -0.1) is 0 Å². The fourth-order valence-corrected chi connectivity index (χ4v) is 3.13. The first-order chi connectivity index (χ1) is 12.0. The molecular formula is C18H18FN5O. The molecule has 1 aliphatic rings. The van der Waals surface area contributed by atoms with Gasteiger partial charge >= 0.3 is 0 Å². The average molecular weight is 339 g/mol. The van der Waals surface area contributed by atoms with Crippen LogP contribution in [0.4, 0.5) is 4.39 Å². The molecule has 0 saturated carbocycles. The molecule has 1 unspecified atom stereocenters. The zero-order valence-electron chi connectivity index (χ0n) is 13.8. The summed E-state index contributed by atoms with van der Waals surface area (Å²) >= 11 is 0. The Morgan fingerprint density at radius 3 is 2.60 bits per heavy atom. The molecule has 0 radical (unpaired) electrons. The number of aliphatic hydroxyl groups is 1. The van der Waals surface area contributed by atoms with Gasteiger partial charge in [-0.25, -0.2) is 4.39 Å². The van der Waals surface area contributed by atoms with Crippen LogP contribution in [0.5, 0.6) is 0 Å². The molecule has 3 heterocycles. The van der Waals surface area contributed by atoms with Crippen LogP contribution in [-0.4, -0.2) is 38.2 Å². The molecular weight excluding hydrogens is 321 g/mol. The number of hydrogen-bond donors (Lipinski definition) is 2. The van der Waals surface area contributed by atoms with Gasteiger partial charge in [-0.1, -0.05) is 0 Å². The summed E-state index contributed by atoms with van der Waals surface area (Å²) in [6.45, 7) is 1.15. The van der Waals surface area contributed by atoms with Crippen LogP contribution < -0.4 is 5.32 Å². The SMILES string of the molecule is Cn1ccc(-c2cc(-c3ccc(F)cc3)nnc2C2(O)CCNC2)n1. The van der Waals surface area contributed by atoms with Crippen molar-refractivity contribution < 1.29 is 9.50 Å². The number of aryl methyl sites for hydroxylation is 1. The summed E-state index contributed by atoms with van der Waals surface area (Å²) in [6.07, 6.45) is 2.41. The molecule has 3 aromatic rings. The van der Waals surface area contributed by atoms with Crippen molar-refractivity contribution in [2.75, 3.05) is 13.1 Å². The number of rotatable bonds is 3. The lowest BCUT2D eigenvalue weighted by Crippen LogP contribution is -2.30. The Morgan fingerprint density at radius 2 is 1.96 bits per heavy atom. The maximum Gasteiger partial charge on any atom is 0.123 e. The minimum Gasteiger partial charge on any atom is -0.382 e. The van der Waals surface area contributed by atoms with Gasteiger partial charge in [0, 0.05) is 30.9 Å². The first-order valence-corrected chi connectivity index (χ1v) is 8.12. The number of nitrogens with zero attached hydrogens (tertiary/aromatic N) is 4. The third-order valence-electron chi connectivity index (χ3n) is 4.50. The van der Waals surface area contributed by atoms with E-state index in [9.17, 15) is 9.50 Å². The third kappa shape index (κ3) is 2.92. The summed E-state index contributed by atoms with van der Waals surface area (Å²) in [4.78, 5) is 0. The largest absolute Gasteiger partial charge is 0.382 e. The lowest BCUT2D eigenvalue weighted by atomic mass is 9.92. The van der Waals surface area contributed by atoms with E-state index in [1.807, 2.05) is 25.4 Å². The van der Waals surface area contributed by atoms with Crippen molar-refractivity contribution in [3.8, 4) is 22.5 Å². The molecule has 6 nitrogen and oxygen atoms in total. The summed E-state index contributed by atoms with van der Waals surface area (Å²) < 4.78 is 14.9. The first-order valence-electron chi connectivity index (χ1n) is 8.12. The highest BCUT2D eigenvalue weighted by molar-refractivity contribution is 5.70. The molecule has 1 saturated heterocycles. The van der Waals surface area contributed by atoms with E-state index in [1.54, 1.807) is 16.8 Å². The van der Waals surface area contributed by atoms with E-state index in [2.05, 4.69) is 20.6 Å². The van der Waals surface area contributed by atoms with Gasteiger partial charge in [0.2, 0.25) is 0 Å². The standard InChI is InChI=1S/C18H18FN5O/c1-24-9-6-15(23-24)14-10-16(12-2-4-13(19)5-3-12)21-22-17(14)18(25)7-8-20-11-18/h2-6,9-10,20,25H,7-8,11H2,1H3. The molecule has 1 aliphatic heterocycles. The molecule has 0 spiro atoms. The molecule has 1 aromatic carbocycles. The third-order valence-corrected chi connectivity index (χ3v) is 4.50. The first kappa shape index (κ1) is 15.9. The summed E-state index contributed by atoms with van der Waals surface area (Å²) in [5.41, 5.74) is 2.27. The van der Waals surface area contributed by atoms with Crippen LogP contribution in [0.3, 0.4) is 0 Å². The number of halogens is 1. The minimum absolute atomic E-state index is 0.301. The maximum absolute atomic E-state index is 13.2. The van der Waals surface area contributed by atoms with Crippen molar-refractivity contribution in [3.05, 3.63) is 54.1 Å². The van der Waals surface area contributed by atoms with E-state index < -0.39 is 5.60 Å². The van der Waals surface area contributed by atoms with Crippen LogP contribution in [0.2, 0.25) is 0 Å². The molecule has 0 bridgehead atoms. The van der Waals surface area contributed by atoms with E-state index in [0.29, 0.717) is 24.4 Å². The lowest BCUT2D eigenvalue weighted by Gasteiger charge is -2.22. The fourth-order valence-electron chi connectivity index (χ4n) is 3.13. The normalized spacial score (nSPS) is 20.1. The topological polar surface area (TPSA) is 75.9 Å². The van der Waals surface area contributed by atoms with Crippen molar-refractivity contribution in [2.45, 2.75) is 12.0 Å². The summed E-state index contributed by atoms with van der Waals surface area (Å²) in [6, 6.07) is 9.83. The van der Waals surface area contributed by atoms with Gasteiger partial charge < -0.3 is 10.4 Å². The van der Waals surface area contributed by atoms with Crippen molar-refractivity contribution >= 4 is 0 Å². The van der Waals surface area contributed by atoms with Crippen molar-refractivity contribution in [2.24, 2.45) is 7.05 Å². The zero-order valence-corrected chi connectivity index (χ0v) is 13.8. The van der Waals surface area contributed by atoms with Crippen molar-refractivity contribution in [1.82, 2.24) is 25.3 Å². The monoisotopic (exact) mass is 339 g/mol. The quantitative estimate of drug-likeness (QED) is 0.762. The second-order valence-electron chi connectivity index (χ2n) is 6.33. The number of nitrogens with one attached hydrogen (secondary N) is 1. The minimum atomic E-state index is -1.07. The second kappa shape index (κ2) is 6.02. The maximum atomic E-state index is 13.2. The molecule has 2 aromatic heterocycles. The van der Waals surface area contributed by atoms with Crippen LogP contribution >= 0.6 is 0 Å². The van der Waals surface area contributed by atoms with Crippen LogP contribution in [0.1, 0.15) is 12.1 Å². The number of hydrogen-bond acceptors (Lipinski definition) is 5. The zero-order chi connectivity index (χ0) is 17.4. The number of benzene rings is 1. The van der Waals surface area contributed by atoms with Gasteiger partial charge in [0.1, 0.15) is 17.1 Å². The van der Waals surface area contributed by atoms with Crippen molar-refractivity contribution in [3.63, 3.8) is 0 Å². The van der Waals surface area contributed by atoms with Gasteiger partial charge in [-0.2, -0.15) is 15.3 Å². The summed E-state index contributed by atoms with van der Waals surface area (Å²) in [7, 11) is 1.84. The summed E-state index contributed by atoms with van der Waals surface area (Å²) in [5, 5.41) is 27.2. The van der Waals surface area contributed by atoms with E-state index in [-0.39, 0.29) is 5.82 Å². The summed E-state index contributed by atoms with van der Waals surface area (Å²) in [5.74, 6) is -0.301. The molecule has 4 rings (SSSR count). The molecule has 0 amide bonds. The van der Waals surface area contributed by atoms with E-state index in [0.717, 1.165) is 23.4 Å². The Labute approximate surface area is 144 Å². The van der Waals surface area contributed by atoms with Gasteiger partial charge in [0.05, 0.1) is 11.4 Å². The number of aromatic nitrogens is 4. The Morgan fingerprint density at radius 1 is 1.16 bits per heavy atom. The Bertz CT molecular complexity index is 900. The highest BCUT2D eigenvalue weighted by Crippen LogP contribution is 2.35. The van der Waals surface area contributed by atoms with E-state index in [4.69, 9.17) is 0 Å². The molecule has 1 atom stereocenters. The molecule has 0 aliphatic carbocycles. The Kier molecular flexibility index (Phi) is 3.82. The van der Waals surface area contributed by atoms with E-state index in [1.165, 1.54) is 12.1 Å². The molecule has 25 heavy (non-hydrogen) atoms. The fraction of sp³-hybridized carbons (Fsp3) is 0.278. The van der Waals surface area contributed by atoms with Gasteiger partial charge in [0.15, 0.2) is 0 Å². The number of β-amino-alcohol motifs (C(OH)–C–C–N with tert-alkyl or cyclic N) is 1. The van der Waals surface area contributed by atoms with Gasteiger partial charge in [0.25, 0.3) is 0 Å². The smallest absolute Gasteiger partial charge is 0.123 e.